The largest absolute Gasteiger partial charge is 0.409 e. The molecule has 7 nitrogen and oxygen atoms in total. The van der Waals surface area contributed by atoms with Crippen LogP contribution in [0.2, 0.25) is 0 Å². The minimum Gasteiger partial charge on any atom is -0.409 e. The van der Waals surface area contributed by atoms with Gasteiger partial charge < -0.3 is 21.2 Å². The first-order valence-corrected chi connectivity index (χ1v) is 6.00. The molecule has 1 heterocycles. The zero-order valence-corrected chi connectivity index (χ0v) is 10.9. The van der Waals surface area contributed by atoms with Crippen LogP contribution in [-0.4, -0.2) is 26.9 Å². The van der Waals surface area contributed by atoms with Gasteiger partial charge in [-0.15, -0.1) is 0 Å². The number of aromatic amines is 1. The first-order chi connectivity index (χ1) is 9.61. The molecule has 1 amide bonds. The van der Waals surface area contributed by atoms with Gasteiger partial charge in [0.05, 0.1) is 6.04 Å². The number of nitrogens with one attached hydrogen (secondary N) is 2. The van der Waals surface area contributed by atoms with Crippen LogP contribution in [0.1, 0.15) is 34.7 Å². The minimum atomic E-state index is -0.222. The summed E-state index contributed by atoms with van der Waals surface area (Å²) in [6.45, 7) is 1.83. The molecule has 0 bridgehead atoms. The van der Waals surface area contributed by atoms with E-state index in [1.54, 1.807) is 36.7 Å². The number of nitrogens with zero attached hydrogens (tertiary/aromatic N) is 2. The van der Waals surface area contributed by atoms with Crippen LogP contribution in [0, 0.1) is 0 Å². The van der Waals surface area contributed by atoms with E-state index in [1.165, 1.54) is 0 Å². The molecule has 0 fully saturated rings. The summed E-state index contributed by atoms with van der Waals surface area (Å²) in [4.78, 5) is 19.1. The van der Waals surface area contributed by atoms with Gasteiger partial charge in [0.2, 0.25) is 0 Å². The fraction of sp³-hybridized carbons (Fsp3) is 0.154. The zero-order valence-electron chi connectivity index (χ0n) is 10.9. The molecule has 2 aromatic rings. The minimum absolute atomic E-state index is 0.000844. The van der Waals surface area contributed by atoms with E-state index in [2.05, 4.69) is 20.4 Å². The first-order valence-electron chi connectivity index (χ1n) is 6.00. The molecule has 0 aliphatic carbocycles. The van der Waals surface area contributed by atoms with Crippen LogP contribution in [0.4, 0.5) is 0 Å². The lowest BCUT2D eigenvalue weighted by Crippen LogP contribution is -2.27. The van der Waals surface area contributed by atoms with E-state index < -0.39 is 0 Å². The summed E-state index contributed by atoms with van der Waals surface area (Å²) in [5.74, 6) is 0.465. The van der Waals surface area contributed by atoms with Gasteiger partial charge in [0.25, 0.3) is 5.91 Å². The smallest absolute Gasteiger partial charge is 0.251 e. The van der Waals surface area contributed by atoms with Crippen molar-refractivity contribution in [3.63, 3.8) is 0 Å². The number of H-pyrrole nitrogens is 1. The van der Waals surface area contributed by atoms with Gasteiger partial charge in [-0.3, -0.25) is 4.79 Å². The van der Waals surface area contributed by atoms with Crippen LogP contribution >= 0.6 is 0 Å². The van der Waals surface area contributed by atoms with Crippen LogP contribution in [0.5, 0.6) is 0 Å². The average Bonchev–Trinajstić information content (AvgIpc) is 3.01. The number of hydrogen-bond donors (Lipinski definition) is 4. The van der Waals surface area contributed by atoms with Crippen LogP contribution in [0.25, 0.3) is 0 Å². The van der Waals surface area contributed by atoms with E-state index in [-0.39, 0.29) is 17.8 Å². The zero-order chi connectivity index (χ0) is 14.5. The third kappa shape index (κ3) is 2.94. The van der Waals surface area contributed by atoms with Gasteiger partial charge in [-0.05, 0) is 19.1 Å². The van der Waals surface area contributed by atoms with Crippen molar-refractivity contribution in [3.8, 4) is 0 Å². The molecule has 0 aliphatic rings. The number of amides is 1. The molecule has 0 spiro atoms. The monoisotopic (exact) mass is 273 g/mol. The fourth-order valence-corrected chi connectivity index (χ4v) is 1.71. The predicted octanol–water partition coefficient (Wildman–Crippen LogP) is 0.995. The quantitative estimate of drug-likeness (QED) is 0.288. The highest BCUT2D eigenvalue weighted by atomic mass is 16.4. The van der Waals surface area contributed by atoms with Crippen LogP contribution in [0.15, 0.2) is 41.8 Å². The summed E-state index contributed by atoms with van der Waals surface area (Å²) in [5, 5.41) is 14.3. The maximum atomic E-state index is 12.0. The molecule has 5 N–H and O–H groups in total. The number of nitrogens with two attached hydrogens (primary N) is 1. The van der Waals surface area contributed by atoms with E-state index >= 15 is 0 Å². The molecular formula is C13H15N5O2. The molecule has 1 unspecified atom stereocenters. The van der Waals surface area contributed by atoms with Gasteiger partial charge >= 0.3 is 0 Å². The van der Waals surface area contributed by atoms with E-state index in [0.29, 0.717) is 17.0 Å². The van der Waals surface area contributed by atoms with Gasteiger partial charge in [-0.25, -0.2) is 4.98 Å². The lowest BCUT2D eigenvalue weighted by Gasteiger charge is -2.11. The normalized spacial score (nSPS) is 12.9. The molecule has 0 saturated heterocycles. The number of oxime groups is 1. The van der Waals surface area contributed by atoms with Crippen LogP contribution in [0.3, 0.4) is 0 Å². The maximum absolute atomic E-state index is 12.0. The second-order valence-corrected chi connectivity index (χ2v) is 4.23. The van der Waals surface area contributed by atoms with Gasteiger partial charge in [0.15, 0.2) is 5.84 Å². The predicted molar refractivity (Wildman–Crippen MR) is 73.4 cm³/mol. The molecule has 1 aromatic heterocycles. The average molecular weight is 273 g/mol. The first kappa shape index (κ1) is 13.6. The Kier molecular flexibility index (Phi) is 3.99. The molecule has 0 radical (unpaired) electrons. The highest BCUT2D eigenvalue weighted by Crippen LogP contribution is 2.09. The van der Waals surface area contributed by atoms with Crippen molar-refractivity contribution in [2.24, 2.45) is 10.9 Å². The lowest BCUT2D eigenvalue weighted by atomic mass is 10.1. The van der Waals surface area contributed by atoms with Gasteiger partial charge in [0, 0.05) is 23.5 Å². The Morgan fingerprint density at radius 2 is 2.05 bits per heavy atom. The van der Waals surface area contributed by atoms with Crippen molar-refractivity contribution in [2.45, 2.75) is 13.0 Å². The second kappa shape index (κ2) is 5.87. The Morgan fingerprint density at radius 3 is 2.60 bits per heavy atom. The molecule has 7 heteroatoms. The van der Waals surface area contributed by atoms with E-state index in [1.807, 2.05) is 6.92 Å². The third-order valence-corrected chi connectivity index (χ3v) is 2.83. The molecule has 1 aromatic carbocycles. The van der Waals surface area contributed by atoms with Crippen LogP contribution < -0.4 is 11.1 Å². The summed E-state index contributed by atoms with van der Waals surface area (Å²) < 4.78 is 0. The molecular weight excluding hydrogens is 258 g/mol. The maximum Gasteiger partial charge on any atom is 0.251 e. The molecule has 0 saturated carbocycles. The van der Waals surface area contributed by atoms with Gasteiger partial charge in [-0.2, -0.15) is 0 Å². The lowest BCUT2D eigenvalue weighted by molar-refractivity contribution is 0.0938. The number of benzene rings is 1. The van der Waals surface area contributed by atoms with Crippen molar-refractivity contribution in [2.75, 3.05) is 0 Å². The fourth-order valence-electron chi connectivity index (χ4n) is 1.71. The van der Waals surface area contributed by atoms with Crippen molar-refractivity contribution < 1.29 is 10.0 Å². The number of imidazole rings is 1. The highest BCUT2D eigenvalue weighted by molar-refractivity contribution is 5.99. The van der Waals surface area contributed by atoms with Gasteiger partial charge in [-0.1, -0.05) is 17.3 Å². The van der Waals surface area contributed by atoms with Crippen molar-refractivity contribution >= 4 is 11.7 Å². The number of aromatic nitrogens is 2. The summed E-state index contributed by atoms with van der Waals surface area (Å²) >= 11 is 0. The van der Waals surface area contributed by atoms with Crippen molar-refractivity contribution in [3.05, 3.63) is 53.6 Å². The number of amidine groups is 1. The Labute approximate surface area is 115 Å². The Balaban J connectivity index is 2.06. The molecule has 1 atom stereocenters. The van der Waals surface area contributed by atoms with E-state index in [9.17, 15) is 4.79 Å². The summed E-state index contributed by atoms with van der Waals surface area (Å²) in [6.07, 6.45) is 3.33. The van der Waals surface area contributed by atoms with Gasteiger partial charge in [0.1, 0.15) is 5.82 Å². The third-order valence-electron chi connectivity index (χ3n) is 2.83. The van der Waals surface area contributed by atoms with Crippen LogP contribution in [-0.2, 0) is 0 Å². The Morgan fingerprint density at radius 1 is 1.40 bits per heavy atom. The molecule has 2 rings (SSSR count). The summed E-state index contributed by atoms with van der Waals surface area (Å²) in [6, 6.07) is 6.22. The number of hydrogen-bond acceptors (Lipinski definition) is 4. The number of carbonyl (C=O) groups is 1. The number of rotatable bonds is 4. The SMILES string of the molecule is CC(NC(=O)c1ccc(/C(N)=N/O)cc1)c1ncc[nH]1. The standard InChI is InChI=1S/C13H15N5O2/c1-8(12-15-6-7-16-12)17-13(19)10-4-2-9(3-5-10)11(14)18-20/h2-8,20H,1H3,(H2,14,18)(H,15,16)(H,17,19). The van der Waals surface area contributed by atoms with Crippen molar-refractivity contribution in [1.29, 1.82) is 0 Å². The Bertz CT molecular complexity index is 604. The summed E-state index contributed by atoms with van der Waals surface area (Å²) in [7, 11) is 0. The molecule has 20 heavy (non-hydrogen) atoms. The highest BCUT2D eigenvalue weighted by Gasteiger charge is 2.13. The topological polar surface area (TPSA) is 116 Å². The van der Waals surface area contributed by atoms with E-state index in [0.717, 1.165) is 0 Å². The van der Waals surface area contributed by atoms with Crippen molar-refractivity contribution in [1.82, 2.24) is 15.3 Å². The number of carbonyl (C=O) groups excluding carboxylic acids is 1. The second-order valence-electron chi connectivity index (χ2n) is 4.23. The molecule has 104 valence electrons. The molecule has 0 aliphatic heterocycles. The van der Waals surface area contributed by atoms with E-state index in [4.69, 9.17) is 10.9 Å². The summed E-state index contributed by atoms with van der Waals surface area (Å²) in [5.41, 5.74) is 6.48. The Hall–Kier alpha value is -2.83.